The van der Waals surface area contributed by atoms with E-state index < -0.39 is 0 Å². The van der Waals surface area contributed by atoms with Gasteiger partial charge in [0.15, 0.2) is 0 Å². The predicted molar refractivity (Wildman–Crippen MR) is 225 cm³/mol. The van der Waals surface area contributed by atoms with Crippen LogP contribution in [-0.2, 0) is 0 Å². The summed E-state index contributed by atoms with van der Waals surface area (Å²) in [6.45, 7) is 0. The second-order valence-electron chi connectivity index (χ2n) is 13.4. The number of fused-ring (bicyclic) bond motifs is 5. The highest BCUT2D eigenvalue weighted by Gasteiger charge is 2.16. The van der Waals surface area contributed by atoms with Crippen molar-refractivity contribution in [3.63, 3.8) is 0 Å². The quantitative estimate of drug-likeness (QED) is 0.169. The van der Waals surface area contributed by atoms with Crippen LogP contribution >= 0.6 is 11.3 Å². The molecule has 0 N–H and O–H groups in total. The lowest BCUT2D eigenvalue weighted by Crippen LogP contribution is -2.10. The maximum Gasteiger partial charge on any atom is 0.0467 e. The predicted octanol–water partition coefficient (Wildman–Crippen LogP) is 14.8. The molecule has 1 heterocycles. The third-order valence-electron chi connectivity index (χ3n) is 10.3. The van der Waals surface area contributed by atoms with E-state index in [0.717, 1.165) is 17.1 Å². The lowest BCUT2D eigenvalue weighted by atomic mass is 9.98. The van der Waals surface area contributed by atoms with Crippen molar-refractivity contribution >= 4 is 70.1 Å². The Labute approximate surface area is 307 Å². The Morgan fingerprint density at radius 3 is 1.69 bits per heavy atom. The summed E-state index contributed by atoms with van der Waals surface area (Å²) in [5.41, 5.74) is 10.6. The van der Waals surface area contributed by atoms with E-state index >= 15 is 0 Å². The first-order valence-corrected chi connectivity index (χ1v) is 18.6. The van der Waals surface area contributed by atoms with Crippen molar-refractivity contribution in [1.29, 1.82) is 0 Å². The molecule has 0 saturated heterocycles. The average Bonchev–Trinajstić information content (AvgIpc) is 3.59. The first-order valence-electron chi connectivity index (χ1n) is 17.7. The molecule has 0 radical (unpaired) electrons. The van der Waals surface area contributed by atoms with Crippen LogP contribution in [-0.4, -0.2) is 0 Å². The summed E-state index contributed by atoms with van der Waals surface area (Å²) in [5, 5.41) is 7.67. The molecule has 0 bridgehead atoms. The maximum atomic E-state index is 2.37. The summed E-state index contributed by atoms with van der Waals surface area (Å²) in [6.07, 6.45) is 0. The van der Waals surface area contributed by atoms with Crippen LogP contribution in [0.1, 0.15) is 0 Å². The van der Waals surface area contributed by atoms with Gasteiger partial charge in [0.05, 0.1) is 0 Å². The minimum Gasteiger partial charge on any atom is -0.310 e. The van der Waals surface area contributed by atoms with Gasteiger partial charge in [0.1, 0.15) is 0 Å². The van der Waals surface area contributed by atoms with Crippen LogP contribution in [0.4, 0.5) is 17.1 Å². The average molecular weight is 680 g/mol. The Morgan fingerprint density at radius 1 is 0.288 bits per heavy atom. The van der Waals surface area contributed by atoms with Gasteiger partial charge in [-0.3, -0.25) is 0 Å². The minimum absolute atomic E-state index is 1.11. The highest BCUT2D eigenvalue weighted by Crippen LogP contribution is 2.41. The largest absolute Gasteiger partial charge is 0.310 e. The molecule has 1 nitrogen and oxygen atoms in total. The van der Waals surface area contributed by atoms with Crippen molar-refractivity contribution in [3.05, 3.63) is 200 Å². The second-order valence-corrected chi connectivity index (χ2v) is 14.5. The summed E-state index contributed by atoms with van der Waals surface area (Å²) in [4.78, 5) is 2.37. The van der Waals surface area contributed by atoms with Crippen molar-refractivity contribution < 1.29 is 0 Å². The molecule has 0 aliphatic heterocycles. The van der Waals surface area contributed by atoms with Gasteiger partial charge < -0.3 is 4.90 Å². The van der Waals surface area contributed by atoms with Gasteiger partial charge in [0.25, 0.3) is 0 Å². The van der Waals surface area contributed by atoms with E-state index in [1.54, 1.807) is 0 Å². The number of hydrogen-bond donors (Lipinski definition) is 0. The van der Waals surface area contributed by atoms with Crippen molar-refractivity contribution in [2.45, 2.75) is 0 Å². The maximum absolute atomic E-state index is 2.37. The van der Waals surface area contributed by atoms with Gasteiger partial charge in [-0.2, -0.15) is 0 Å². The second kappa shape index (κ2) is 12.7. The van der Waals surface area contributed by atoms with Crippen molar-refractivity contribution in [2.75, 3.05) is 4.90 Å². The molecule has 0 aliphatic rings. The molecule has 2 heteroatoms. The third kappa shape index (κ3) is 5.42. The Hall–Kier alpha value is -6.48. The summed E-state index contributed by atoms with van der Waals surface area (Å²) in [5.74, 6) is 0. The first kappa shape index (κ1) is 30.4. The number of benzene rings is 9. The van der Waals surface area contributed by atoms with Gasteiger partial charge in [-0.1, -0.05) is 146 Å². The van der Waals surface area contributed by atoms with Gasteiger partial charge in [-0.05, 0) is 110 Å². The SMILES string of the molecule is c1cc(-c2ccc3c(c2)sc2ccccc23)cc(N(c2ccc(-c3ccc4ccccc4c3)cc2)c2ccc(-c3cccc4ccccc34)cc2)c1. The fraction of sp³-hybridized carbons (Fsp3) is 0. The smallest absolute Gasteiger partial charge is 0.0467 e. The van der Waals surface area contributed by atoms with E-state index in [-0.39, 0.29) is 0 Å². The molecule has 52 heavy (non-hydrogen) atoms. The molecule has 9 aromatic carbocycles. The van der Waals surface area contributed by atoms with Crippen LogP contribution in [0.25, 0.3) is 75.1 Å². The van der Waals surface area contributed by atoms with E-state index in [9.17, 15) is 0 Å². The van der Waals surface area contributed by atoms with E-state index in [0.29, 0.717) is 0 Å². The Balaban J connectivity index is 1.06. The van der Waals surface area contributed by atoms with Crippen LogP contribution in [0.2, 0.25) is 0 Å². The third-order valence-corrected chi connectivity index (χ3v) is 11.4. The van der Waals surface area contributed by atoms with E-state index in [1.807, 2.05) is 11.3 Å². The van der Waals surface area contributed by atoms with Crippen molar-refractivity contribution in [3.8, 4) is 33.4 Å². The summed E-state index contributed by atoms with van der Waals surface area (Å²) in [6, 6.07) is 73.0. The van der Waals surface area contributed by atoms with Gasteiger partial charge >= 0.3 is 0 Å². The molecule has 244 valence electrons. The Morgan fingerprint density at radius 2 is 0.865 bits per heavy atom. The lowest BCUT2D eigenvalue weighted by molar-refractivity contribution is 1.28. The zero-order valence-corrected chi connectivity index (χ0v) is 29.2. The van der Waals surface area contributed by atoms with Crippen LogP contribution in [0.15, 0.2) is 200 Å². The molecular formula is C50H33NS. The normalized spacial score (nSPS) is 11.5. The highest BCUT2D eigenvalue weighted by atomic mass is 32.1. The van der Waals surface area contributed by atoms with Crippen LogP contribution in [0, 0.1) is 0 Å². The van der Waals surface area contributed by atoms with Gasteiger partial charge in [-0.15, -0.1) is 11.3 Å². The lowest BCUT2D eigenvalue weighted by Gasteiger charge is -2.26. The molecule has 0 unspecified atom stereocenters. The summed E-state index contributed by atoms with van der Waals surface area (Å²) < 4.78 is 2.64. The van der Waals surface area contributed by atoms with E-state index in [2.05, 4.69) is 205 Å². The monoisotopic (exact) mass is 679 g/mol. The first-order chi connectivity index (χ1) is 25.7. The number of nitrogens with zero attached hydrogens (tertiary/aromatic N) is 1. The summed E-state index contributed by atoms with van der Waals surface area (Å²) >= 11 is 1.86. The summed E-state index contributed by atoms with van der Waals surface area (Å²) in [7, 11) is 0. The molecular weight excluding hydrogens is 647 g/mol. The fourth-order valence-electron chi connectivity index (χ4n) is 7.62. The fourth-order valence-corrected chi connectivity index (χ4v) is 8.76. The molecule has 10 aromatic rings. The number of rotatable bonds is 6. The highest BCUT2D eigenvalue weighted by molar-refractivity contribution is 7.25. The molecule has 0 fully saturated rings. The molecule has 0 aliphatic carbocycles. The van der Waals surface area contributed by atoms with Crippen molar-refractivity contribution in [2.24, 2.45) is 0 Å². The zero-order chi connectivity index (χ0) is 34.4. The Kier molecular flexibility index (Phi) is 7.41. The number of hydrogen-bond acceptors (Lipinski definition) is 2. The number of thiophene rings is 1. The Bertz CT molecular complexity index is 2890. The van der Waals surface area contributed by atoms with Gasteiger partial charge in [0, 0.05) is 37.2 Å². The van der Waals surface area contributed by atoms with E-state index in [1.165, 1.54) is 75.1 Å². The number of anilines is 3. The van der Waals surface area contributed by atoms with Crippen LogP contribution < -0.4 is 4.90 Å². The topological polar surface area (TPSA) is 3.24 Å². The molecule has 1 aromatic heterocycles. The minimum atomic E-state index is 1.11. The molecule has 0 atom stereocenters. The van der Waals surface area contributed by atoms with Gasteiger partial charge in [-0.25, -0.2) is 0 Å². The van der Waals surface area contributed by atoms with Crippen LogP contribution in [0.3, 0.4) is 0 Å². The standard InChI is InChI=1S/C50H33NS/c1-2-11-38-31-40(20-19-34(38)9-1)35-21-26-42(27-22-35)51(43-28-23-37(24-29-43)46-17-8-12-36-10-3-4-15-45(36)46)44-14-7-13-39(32-44)41-25-30-48-47-16-5-6-18-49(47)52-50(48)33-41/h1-33H. The van der Waals surface area contributed by atoms with Gasteiger partial charge in [0.2, 0.25) is 0 Å². The molecule has 10 rings (SSSR count). The molecule has 0 amide bonds. The van der Waals surface area contributed by atoms with Crippen molar-refractivity contribution in [1.82, 2.24) is 0 Å². The molecule has 0 saturated carbocycles. The van der Waals surface area contributed by atoms with E-state index in [4.69, 9.17) is 0 Å². The molecule has 0 spiro atoms. The zero-order valence-electron chi connectivity index (χ0n) is 28.4. The van der Waals surface area contributed by atoms with Crippen LogP contribution in [0.5, 0.6) is 0 Å².